The van der Waals surface area contributed by atoms with E-state index in [2.05, 4.69) is 60.7 Å². The van der Waals surface area contributed by atoms with Crippen LogP contribution in [0.4, 0.5) is 0 Å². The molecule has 0 saturated carbocycles. The number of aliphatic hydroxyl groups excluding tert-OH is 1. The van der Waals surface area contributed by atoms with Crippen LogP contribution < -0.4 is 0 Å². The average molecular weight is 302 g/mol. The first-order valence-electron chi connectivity index (χ1n) is 4.72. The molecular weight excluding hydrogens is 287 g/mol. The summed E-state index contributed by atoms with van der Waals surface area (Å²) in [5, 5.41) is 8.76. The number of halogens is 1. The van der Waals surface area contributed by atoms with Crippen LogP contribution in [-0.2, 0) is 0 Å². The Morgan fingerprint density at radius 3 is 2.36 bits per heavy atom. The molecule has 0 saturated heterocycles. The first-order valence-corrected chi connectivity index (χ1v) is 5.80. The van der Waals surface area contributed by atoms with Crippen LogP contribution in [0.25, 0.3) is 3.58 Å². The average Bonchev–Trinajstić information content (AvgIpc) is 2.18. The Balaban J connectivity index is 2.88. The highest BCUT2D eigenvalue weighted by molar-refractivity contribution is 14.1. The van der Waals surface area contributed by atoms with Crippen molar-refractivity contribution in [1.82, 2.24) is 0 Å². The van der Waals surface area contributed by atoms with Crippen LogP contribution in [0, 0.1) is 0 Å². The van der Waals surface area contributed by atoms with Crippen molar-refractivity contribution in [1.29, 1.82) is 0 Å². The fraction of sp³-hybridized carbons (Fsp3) is 0.333. The smallest absolute Gasteiger partial charge is 0.0625 e. The maximum atomic E-state index is 8.76. The molecule has 1 N–H and O–H groups in total. The molecule has 1 aromatic carbocycles. The number of benzene rings is 1. The summed E-state index contributed by atoms with van der Waals surface area (Å²) in [4.78, 5) is 0. The molecule has 0 radical (unpaired) electrons. The monoisotopic (exact) mass is 302 g/mol. The van der Waals surface area contributed by atoms with E-state index in [0.717, 1.165) is 3.58 Å². The predicted octanol–water partition coefficient (Wildman–Crippen LogP) is 3.58. The Labute approximate surface area is 99.0 Å². The fourth-order valence-corrected chi connectivity index (χ4v) is 1.78. The minimum Gasteiger partial charge on any atom is -0.392 e. The summed E-state index contributed by atoms with van der Waals surface area (Å²) in [5.41, 5.74) is 2.52. The van der Waals surface area contributed by atoms with Gasteiger partial charge < -0.3 is 5.11 Å². The molecule has 2 heteroatoms. The molecule has 0 aliphatic heterocycles. The Kier molecular flexibility index (Phi) is 4.62. The van der Waals surface area contributed by atoms with Gasteiger partial charge >= 0.3 is 0 Å². The van der Waals surface area contributed by atoms with Gasteiger partial charge in [-0.25, -0.2) is 0 Å². The van der Waals surface area contributed by atoms with Gasteiger partial charge in [-0.15, -0.1) is 0 Å². The van der Waals surface area contributed by atoms with E-state index < -0.39 is 0 Å². The SMILES string of the molecule is CC(C)c1ccc(/C(I)=C/CO)cc1. The predicted molar refractivity (Wildman–Crippen MR) is 69.6 cm³/mol. The lowest BCUT2D eigenvalue weighted by molar-refractivity contribution is 0.343. The Morgan fingerprint density at radius 1 is 1.36 bits per heavy atom. The van der Waals surface area contributed by atoms with Crippen molar-refractivity contribution in [3.8, 4) is 0 Å². The Hall–Kier alpha value is -0.350. The number of hydrogen-bond donors (Lipinski definition) is 1. The summed E-state index contributed by atoms with van der Waals surface area (Å²) in [7, 11) is 0. The summed E-state index contributed by atoms with van der Waals surface area (Å²) in [6, 6.07) is 8.49. The first kappa shape index (κ1) is 11.7. The van der Waals surface area contributed by atoms with E-state index in [1.165, 1.54) is 11.1 Å². The highest BCUT2D eigenvalue weighted by Gasteiger charge is 2.00. The fourth-order valence-electron chi connectivity index (χ4n) is 1.23. The second kappa shape index (κ2) is 5.51. The highest BCUT2D eigenvalue weighted by Crippen LogP contribution is 2.23. The van der Waals surface area contributed by atoms with Gasteiger partial charge in [0.05, 0.1) is 6.61 Å². The van der Waals surface area contributed by atoms with Crippen LogP contribution in [0.5, 0.6) is 0 Å². The third-order valence-corrected chi connectivity index (χ3v) is 3.19. The van der Waals surface area contributed by atoms with E-state index in [1.54, 1.807) is 0 Å². The molecule has 14 heavy (non-hydrogen) atoms. The van der Waals surface area contributed by atoms with Crippen LogP contribution in [0.1, 0.15) is 30.9 Å². The maximum Gasteiger partial charge on any atom is 0.0625 e. The zero-order valence-corrected chi connectivity index (χ0v) is 10.7. The maximum absolute atomic E-state index is 8.76. The van der Waals surface area contributed by atoms with E-state index in [4.69, 9.17) is 5.11 Å². The summed E-state index contributed by atoms with van der Waals surface area (Å²) < 4.78 is 1.10. The van der Waals surface area contributed by atoms with E-state index in [0.29, 0.717) is 5.92 Å². The second-order valence-corrected chi connectivity index (χ2v) is 4.67. The number of hydrogen-bond acceptors (Lipinski definition) is 1. The molecule has 1 nitrogen and oxygen atoms in total. The van der Waals surface area contributed by atoms with Crippen molar-refractivity contribution in [2.75, 3.05) is 6.61 Å². The zero-order valence-electron chi connectivity index (χ0n) is 8.50. The van der Waals surface area contributed by atoms with Gasteiger partial charge in [0, 0.05) is 3.58 Å². The summed E-state index contributed by atoms with van der Waals surface area (Å²) in [5.74, 6) is 0.573. The van der Waals surface area contributed by atoms with Gasteiger partial charge in [-0.05, 0) is 45.7 Å². The molecule has 0 spiro atoms. The van der Waals surface area contributed by atoms with Crippen molar-refractivity contribution in [2.45, 2.75) is 19.8 Å². The van der Waals surface area contributed by atoms with Crippen molar-refractivity contribution < 1.29 is 5.11 Å². The van der Waals surface area contributed by atoms with Gasteiger partial charge in [0.1, 0.15) is 0 Å². The molecule has 0 bridgehead atoms. The molecule has 0 aliphatic rings. The van der Waals surface area contributed by atoms with E-state index >= 15 is 0 Å². The van der Waals surface area contributed by atoms with Gasteiger partial charge in [0.2, 0.25) is 0 Å². The van der Waals surface area contributed by atoms with E-state index in [-0.39, 0.29) is 6.61 Å². The normalized spacial score (nSPS) is 12.2. The van der Waals surface area contributed by atoms with Crippen LogP contribution in [0.2, 0.25) is 0 Å². The molecule has 0 heterocycles. The summed E-state index contributed by atoms with van der Waals surface area (Å²) in [6.45, 7) is 4.47. The van der Waals surface area contributed by atoms with E-state index in [1.807, 2.05) is 6.08 Å². The van der Waals surface area contributed by atoms with Gasteiger partial charge in [-0.3, -0.25) is 0 Å². The molecule has 0 amide bonds. The lowest BCUT2D eigenvalue weighted by Crippen LogP contribution is -1.87. The zero-order chi connectivity index (χ0) is 10.6. The van der Waals surface area contributed by atoms with Crippen molar-refractivity contribution >= 4 is 26.2 Å². The largest absolute Gasteiger partial charge is 0.392 e. The van der Waals surface area contributed by atoms with Crippen LogP contribution in [-0.4, -0.2) is 11.7 Å². The molecule has 1 aromatic rings. The van der Waals surface area contributed by atoms with Gasteiger partial charge in [-0.2, -0.15) is 0 Å². The summed E-state index contributed by atoms with van der Waals surface area (Å²) >= 11 is 2.24. The molecule has 76 valence electrons. The molecule has 0 fully saturated rings. The third kappa shape index (κ3) is 3.10. The van der Waals surface area contributed by atoms with Crippen LogP contribution in [0.15, 0.2) is 30.3 Å². The standard InChI is InChI=1S/C12H15IO/c1-9(2)10-3-5-11(6-4-10)12(13)7-8-14/h3-7,9,14H,8H2,1-2H3/b12-7-. The quantitative estimate of drug-likeness (QED) is 0.846. The lowest BCUT2D eigenvalue weighted by Gasteiger charge is -2.06. The minimum atomic E-state index is 0.101. The molecular formula is C12H15IO. The minimum absolute atomic E-state index is 0.101. The van der Waals surface area contributed by atoms with Crippen molar-refractivity contribution in [3.05, 3.63) is 41.5 Å². The van der Waals surface area contributed by atoms with Gasteiger partial charge in [0.25, 0.3) is 0 Å². The third-order valence-electron chi connectivity index (χ3n) is 2.12. The Bertz CT molecular complexity index is 312. The molecule has 1 rings (SSSR count). The second-order valence-electron chi connectivity index (χ2n) is 3.51. The van der Waals surface area contributed by atoms with E-state index in [9.17, 15) is 0 Å². The number of aliphatic hydroxyl groups is 1. The molecule has 0 unspecified atom stereocenters. The van der Waals surface area contributed by atoms with Crippen LogP contribution >= 0.6 is 22.6 Å². The molecule has 0 atom stereocenters. The Morgan fingerprint density at radius 2 is 1.93 bits per heavy atom. The molecule has 0 aromatic heterocycles. The van der Waals surface area contributed by atoms with Gasteiger partial charge in [-0.1, -0.05) is 38.1 Å². The topological polar surface area (TPSA) is 20.2 Å². The summed E-state index contributed by atoms with van der Waals surface area (Å²) in [6.07, 6.45) is 1.81. The highest BCUT2D eigenvalue weighted by atomic mass is 127. The van der Waals surface area contributed by atoms with Crippen molar-refractivity contribution in [3.63, 3.8) is 0 Å². The van der Waals surface area contributed by atoms with Crippen LogP contribution in [0.3, 0.4) is 0 Å². The van der Waals surface area contributed by atoms with Gasteiger partial charge in [0.15, 0.2) is 0 Å². The van der Waals surface area contributed by atoms with Crippen molar-refractivity contribution in [2.24, 2.45) is 0 Å². The first-order chi connectivity index (χ1) is 6.65. The molecule has 0 aliphatic carbocycles. The number of rotatable bonds is 3. The lowest BCUT2D eigenvalue weighted by atomic mass is 10.0.